The number of hydrogen-bond acceptors (Lipinski definition) is 5. The van der Waals surface area contributed by atoms with Crippen LogP contribution in [0.4, 0.5) is 0 Å². The molecule has 1 fully saturated rings. The molecule has 8 heteroatoms. The Kier molecular flexibility index (Phi) is 4.23. The highest BCUT2D eigenvalue weighted by molar-refractivity contribution is 7.93. The van der Waals surface area contributed by atoms with E-state index in [-0.39, 0.29) is 11.5 Å². The minimum Gasteiger partial charge on any atom is -0.323 e. The monoisotopic (exact) mass is 284 g/mol. The van der Waals surface area contributed by atoms with Crippen molar-refractivity contribution in [3.05, 3.63) is 0 Å². The van der Waals surface area contributed by atoms with E-state index in [4.69, 9.17) is 5.73 Å². The number of nitrogens with zero attached hydrogens (tertiary/aromatic N) is 1. The number of sulfone groups is 1. The fraction of sp³-hybridized carbons (Fsp3) is 1.00. The smallest absolute Gasteiger partial charge is 0.215 e. The molecule has 1 saturated heterocycles. The van der Waals surface area contributed by atoms with E-state index in [0.29, 0.717) is 13.1 Å². The third-order valence-electron chi connectivity index (χ3n) is 2.84. The summed E-state index contributed by atoms with van der Waals surface area (Å²) in [6, 6.07) is 0. The van der Waals surface area contributed by atoms with E-state index < -0.39 is 25.4 Å². The van der Waals surface area contributed by atoms with Gasteiger partial charge in [-0.1, -0.05) is 13.3 Å². The second-order valence-corrected chi connectivity index (χ2v) is 9.17. The van der Waals surface area contributed by atoms with Gasteiger partial charge in [-0.15, -0.1) is 0 Å². The highest BCUT2D eigenvalue weighted by Crippen LogP contribution is 2.26. The van der Waals surface area contributed by atoms with Crippen LogP contribution in [0.3, 0.4) is 0 Å². The van der Waals surface area contributed by atoms with Crippen LogP contribution in [0.5, 0.6) is 0 Å². The third kappa shape index (κ3) is 4.20. The molecule has 0 aromatic rings. The number of rotatable bonds is 6. The van der Waals surface area contributed by atoms with Gasteiger partial charge in [0.1, 0.15) is 9.84 Å². The maximum absolute atomic E-state index is 11.8. The average molecular weight is 284 g/mol. The van der Waals surface area contributed by atoms with E-state index in [1.54, 1.807) is 0 Å². The molecular formula is C9H20N2O4S2. The van der Waals surface area contributed by atoms with Gasteiger partial charge in [-0.3, -0.25) is 0 Å². The zero-order valence-electron chi connectivity index (χ0n) is 10.2. The molecule has 0 bridgehead atoms. The van der Waals surface area contributed by atoms with Crippen LogP contribution in [0.25, 0.3) is 0 Å². The zero-order chi connectivity index (χ0) is 13.3. The Morgan fingerprint density at radius 3 is 2.12 bits per heavy atom. The van der Waals surface area contributed by atoms with E-state index in [1.807, 2.05) is 6.92 Å². The first-order chi connectivity index (χ1) is 7.58. The normalized spacial score (nSPS) is 21.1. The van der Waals surface area contributed by atoms with Crippen LogP contribution in [0.1, 0.15) is 19.8 Å². The van der Waals surface area contributed by atoms with Crippen molar-refractivity contribution in [2.45, 2.75) is 25.3 Å². The third-order valence-corrected chi connectivity index (χ3v) is 5.80. The zero-order valence-corrected chi connectivity index (χ0v) is 11.8. The Morgan fingerprint density at radius 2 is 1.71 bits per heavy atom. The van der Waals surface area contributed by atoms with Crippen LogP contribution in [-0.2, 0) is 19.9 Å². The second-order valence-electron chi connectivity index (χ2n) is 4.83. The lowest BCUT2D eigenvalue weighted by Crippen LogP contribution is -2.68. The quantitative estimate of drug-likeness (QED) is 0.687. The topological polar surface area (TPSA) is 97.5 Å². The van der Waals surface area contributed by atoms with Crippen LogP contribution in [0.2, 0.25) is 0 Å². The molecule has 1 aliphatic rings. The maximum atomic E-state index is 11.8. The molecule has 0 atom stereocenters. The van der Waals surface area contributed by atoms with E-state index in [1.165, 1.54) is 4.31 Å². The fourth-order valence-electron chi connectivity index (χ4n) is 1.89. The lowest BCUT2D eigenvalue weighted by Gasteiger charge is -2.46. The molecule has 102 valence electrons. The molecule has 0 aromatic heterocycles. The first-order valence-corrected chi connectivity index (χ1v) is 9.19. The van der Waals surface area contributed by atoms with Gasteiger partial charge in [0, 0.05) is 24.9 Å². The van der Waals surface area contributed by atoms with Crippen LogP contribution in [-0.4, -0.2) is 57.5 Å². The molecule has 1 rings (SSSR count). The number of sulfonamides is 1. The van der Waals surface area contributed by atoms with Gasteiger partial charge in [-0.2, -0.15) is 4.31 Å². The summed E-state index contributed by atoms with van der Waals surface area (Å²) in [6.45, 7) is 2.59. The van der Waals surface area contributed by atoms with Gasteiger partial charge in [0.2, 0.25) is 10.0 Å². The maximum Gasteiger partial charge on any atom is 0.215 e. The lowest BCUT2D eigenvalue weighted by molar-refractivity contribution is 0.147. The molecule has 17 heavy (non-hydrogen) atoms. The van der Waals surface area contributed by atoms with E-state index in [2.05, 4.69) is 0 Å². The summed E-state index contributed by atoms with van der Waals surface area (Å²) in [6.07, 6.45) is 2.72. The Labute approximate surface area is 103 Å². The van der Waals surface area contributed by atoms with E-state index in [9.17, 15) is 16.8 Å². The van der Waals surface area contributed by atoms with Crippen molar-refractivity contribution in [2.24, 2.45) is 5.73 Å². The molecule has 0 saturated carbocycles. The van der Waals surface area contributed by atoms with Gasteiger partial charge >= 0.3 is 0 Å². The standard InChI is InChI=1S/C9H20N2O4S2/c1-3-4-9(10)7-11(8-9)17(14,15)6-5-16(2,12)13/h3-8,10H2,1-2H3. The minimum absolute atomic E-state index is 0.299. The van der Waals surface area contributed by atoms with Crippen molar-refractivity contribution >= 4 is 19.9 Å². The highest BCUT2D eigenvalue weighted by Gasteiger charge is 2.44. The molecule has 0 spiro atoms. The highest BCUT2D eigenvalue weighted by atomic mass is 32.2. The molecule has 0 unspecified atom stereocenters. The van der Waals surface area contributed by atoms with E-state index in [0.717, 1.165) is 19.1 Å². The average Bonchev–Trinajstić information content (AvgIpc) is 2.10. The predicted molar refractivity (Wildman–Crippen MR) is 66.9 cm³/mol. The molecule has 0 aliphatic carbocycles. The Morgan fingerprint density at radius 1 is 1.18 bits per heavy atom. The first kappa shape index (κ1) is 14.9. The van der Waals surface area contributed by atoms with Crippen LogP contribution in [0.15, 0.2) is 0 Å². The number of nitrogens with two attached hydrogens (primary N) is 1. The molecule has 2 N–H and O–H groups in total. The van der Waals surface area contributed by atoms with Crippen molar-refractivity contribution in [1.82, 2.24) is 4.31 Å². The minimum atomic E-state index is -3.47. The summed E-state index contributed by atoms with van der Waals surface area (Å²) < 4.78 is 46.6. The predicted octanol–water partition coefficient (Wildman–Crippen LogP) is -0.826. The molecular weight excluding hydrogens is 264 g/mol. The molecule has 6 nitrogen and oxygen atoms in total. The summed E-state index contributed by atoms with van der Waals surface area (Å²) in [5.74, 6) is -0.689. The lowest BCUT2D eigenvalue weighted by atomic mass is 9.89. The SMILES string of the molecule is CCCC1(N)CN(S(=O)(=O)CCS(C)(=O)=O)C1. The van der Waals surface area contributed by atoms with Gasteiger partial charge in [-0.05, 0) is 6.42 Å². The number of hydrogen-bond donors (Lipinski definition) is 1. The summed E-state index contributed by atoms with van der Waals surface area (Å²) in [5, 5.41) is 0. The summed E-state index contributed by atoms with van der Waals surface area (Å²) >= 11 is 0. The molecule has 1 aliphatic heterocycles. The van der Waals surface area contributed by atoms with Crippen LogP contribution < -0.4 is 5.73 Å². The van der Waals surface area contributed by atoms with Gasteiger partial charge < -0.3 is 5.73 Å². The van der Waals surface area contributed by atoms with Gasteiger partial charge in [0.25, 0.3) is 0 Å². The summed E-state index contributed by atoms with van der Waals surface area (Å²) in [7, 11) is -6.72. The summed E-state index contributed by atoms with van der Waals surface area (Å²) in [5.41, 5.74) is 5.53. The summed E-state index contributed by atoms with van der Waals surface area (Å²) in [4.78, 5) is 0. The first-order valence-electron chi connectivity index (χ1n) is 5.52. The van der Waals surface area contributed by atoms with Crippen molar-refractivity contribution < 1.29 is 16.8 Å². The molecule has 0 radical (unpaired) electrons. The Bertz CT molecular complexity index is 463. The largest absolute Gasteiger partial charge is 0.323 e. The van der Waals surface area contributed by atoms with Gasteiger partial charge in [0.05, 0.1) is 11.5 Å². The van der Waals surface area contributed by atoms with Gasteiger partial charge in [-0.25, -0.2) is 16.8 Å². The van der Waals surface area contributed by atoms with Crippen LogP contribution >= 0.6 is 0 Å². The molecule has 0 amide bonds. The Hall–Kier alpha value is -0.180. The van der Waals surface area contributed by atoms with E-state index >= 15 is 0 Å². The molecule has 1 heterocycles. The van der Waals surface area contributed by atoms with Gasteiger partial charge in [0.15, 0.2) is 0 Å². The Balaban J connectivity index is 2.53. The van der Waals surface area contributed by atoms with Crippen molar-refractivity contribution in [3.63, 3.8) is 0 Å². The van der Waals surface area contributed by atoms with Crippen LogP contribution in [0, 0.1) is 0 Å². The van der Waals surface area contributed by atoms with Crippen molar-refractivity contribution in [2.75, 3.05) is 30.9 Å². The second kappa shape index (κ2) is 4.83. The molecule has 0 aromatic carbocycles. The van der Waals surface area contributed by atoms with Crippen molar-refractivity contribution in [1.29, 1.82) is 0 Å². The van der Waals surface area contributed by atoms with Crippen molar-refractivity contribution in [3.8, 4) is 0 Å². The fourth-order valence-corrected chi connectivity index (χ4v) is 5.11.